The van der Waals surface area contributed by atoms with Crippen LogP contribution in [0.5, 0.6) is 5.75 Å². The largest absolute Gasteiger partial charge is 0.507 e. The number of pyridine rings is 1. The minimum absolute atomic E-state index is 0.00321. The van der Waals surface area contributed by atoms with E-state index in [0.717, 1.165) is 11.3 Å². The predicted octanol–water partition coefficient (Wildman–Crippen LogP) is 2.37. The van der Waals surface area contributed by atoms with E-state index in [2.05, 4.69) is 4.98 Å². The van der Waals surface area contributed by atoms with Gasteiger partial charge in [-0.3, -0.25) is 9.78 Å². The van der Waals surface area contributed by atoms with E-state index in [-0.39, 0.29) is 11.7 Å². The molecular weight excluding hydrogens is 240 g/mol. The van der Waals surface area contributed by atoms with E-state index in [0.29, 0.717) is 12.1 Å². The molecule has 0 bridgehead atoms. The number of carbonyl (C=O) groups is 1. The normalized spacial score (nSPS) is 10.2. The second-order valence-electron chi connectivity index (χ2n) is 4.50. The monoisotopic (exact) mass is 256 g/mol. The van der Waals surface area contributed by atoms with E-state index >= 15 is 0 Å². The van der Waals surface area contributed by atoms with Crippen LogP contribution in [0.1, 0.15) is 21.6 Å². The maximum Gasteiger partial charge on any atom is 0.257 e. The molecule has 98 valence electrons. The Morgan fingerprint density at radius 2 is 2.11 bits per heavy atom. The highest BCUT2D eigenvalue weighted by molar-refractivity contribution is 5.96. The van der Waals surface area contributed by atoms with Crippen molar-refractivity contribution in [3.05, 3.63) is 59.4 Å². The van der Waals surface area contributed by atoms with Gasteiger partial charge in [-0.25, -0.2) is 0 Å². The lowest BCUT2D eigenvalue weighted by Crippen LogP contribution is -2.26. The Morgan fingerprint density at radius 1 is 1.32 bits per heavy atom. The summed E-state index contributed by atoms with van der Waals surface area (Å²) in [7, 11) is 1.69. The first kappa shape index (κ1) is 13.1. The Morgan fingerprint density at radius 3 is 2.79 bits per heavy atom. The van der Waals surface area contributed by atoms with E-state index < -0.39 is 0 Å². The Bertz CT molecular complexity index is 582. The van der Waals surface area contributed by atoms with Crippen LogP contribution >= 0.6 is 0 Å². The molecule has 2 aromatic rings. The third kappa shape index (κ3) is 3.10. The van der Waals surface area contributed by atoms with Gasteiger partial charge < -0.3 is 10.0 Å². The molecule has 0 spiro atoms. The van der Waals surface area contributed by atoms with Gasteiger partial charge in [0.05, 0.1) is 17.8 Å². The quantitative estimate of drug-likeness (QED) is 0.917. The number of amides is 1. The molecule has 0 unspecified atom stereocenters. The number of benzene rings is 1. The molecule has 1 N–H and O–H groups in total. The van der Waals surface area contributed by atoms with Crippen molar-refractivity contribution in [2.75, 3.05) is 7.05 Å². The molecule has 0 aliphatic heterocycles. The SMILES string of the molecule is Cc1ccc(O)c(C(=O)N(C)Cc2ccccn2)c1. The van der Waals surface area contributed by atoms with Crippen molar-refractivity contribution in [3.8, 4) is 5.75 Å². The molecule has 2 rings (SSSR count). The lowest BCUT2D eigenvalue weighted by atomic mass is 10.1. The number of hydrogen-bond donors (Lipinski definition) is 1. The van der Waals surface area contributed by atoms with E-state index in [9.17, 15) is 9.90 Å². The average molecular weight is 256 g/mol. The van der Waals surface area contributed by atoms with Gasteiger partial charge in [-0.05, 0) is 31.2 Å². The van der Waals surface area contributed by atoms with Gasteiger partial charge in [-0.1, -0.05) is 17.7 Å². The first-order valence-corrected chi connectivity index (χ1v) is 6.03. The summed E-state index contributed by atoms with van der Waals surface area (Å²) in [6, 6.07) is 10.6. The fraction of sp³-hybridized carbons (Fsp3) is 0.200. The van der Waals surface area contributed by atoms with Gasteiger partial charge in [0.1, 0.15) is 5.75 Å². The zero-order valence-electron chi connectivity index (χ0n) is 11.0. The number of aromatic nitrogens is 1. The number of aryl methyl sites for hydroxylation is 1. The molecular formula is C15H16N2O2. The third-order valence-electron chi connectivity index (χ3n) is 2.85. The maximum absolute atomic E-state index is 12.3. The van der Waals surface area contributed by atoms with E-state index in [1.165, 1.54) is 11.0 Å². The molecule has 19 heavy (non-hydrogen) atoms. The van der Waals surface area contributed by atoms with Crippen molar-refractivity contribution in [1.82, 2.24) is 9.88 Å². The van der Waals surface area contributed by atoms with Crippen molar-refractivity contribution in [2.24, 2.45) is 0 Å². The number of carbonyl (C=O) groups excluding carboxylic acids is 1. The minimum Gasteiger partial charge on any atom is -0.507 e. The summed E-state index contributed by atoms with van der Waals surface area (Å²) in [4.78, 5) is 18.0. The predicted molar refractivity (Wildman–Crippen MR) is 72.9 cm³/mol. The van der Waals surface area contributed by atoms with Gasteiger partial charge in [0.25, 0.3) is 5.91 Å². The van der Waals surface area contributed by atoms with Crippen molar-refractivity contribution >= 4 is 5.91 Å². The third-order valence-corrected chi connectivity index (χ3v) is 2.85. The van der Waals surface area contributed by atoms with Gasteiger partial charge in [0, 0.05) is 13.2 Å². The molecule has 1 heterocycles. The molecule has 0 fully saturated rings. The van der Waals surface area contributed by atoms with Crippen LogP contribution in [0.2, 0.25) is 0 Å². The highest BCUT2D eigenvalue weighted by Crippen LogP contribution is 2.20. The highest BCUT2D eigenvalue weighted by atomic mass is 16.3. The molecule has 0 radical (unpaired) electrons. The number of phenols is 1. The lowest BCUT2D eigenvalue weighted by Gasteiger charge is -2.17. The number of hydrogen-bond acceptors (Lipinski definition) is 3. The number of phenolic OH excluding ortho intramolecular Hbond substituents is 1. The van der Waals surface area contributed by atoms with Gasteiger partial charge >= 0.3 is 0 Å². The smallest absolute Gasteiger partial charge is 0.257 e. The van der Waals surface area contributed by atoms with E-state index in [1.807, 2.05) is 25.1 Å². The summed E-state index contributed by atoms with van der Waals surface area (Å²) in [6.07, 6.45) is 1.69. The summed E-state index contributed by atoms with van der Waals surface area (Å²) in [5.74, 6) is -0.213. The van der Waals surface area contributed by atoms with Crippen LogP contribution < -0.4 is 0 Å². The molecule has 4 heteroatoms. The number of rotatable bonds is 3. The van der Waals surface area contributed by atoms with Crippen LogP contribution in [0, 0.1) is 6.92 Å². The molecule has 0 aliphatic carbocycles. The molecule has 1 aromatic carbocycles. The topological polar surface area (TPSA) is 53.4 Å². The Labute approximate surface area is 112 Å². The van der Waals surface area contributed by atoms with Crippen LogP contribution in [0.15, 0.2) is 42.6 Å². The molecule has 0 aliphatic rings. The van der Waals surface area contributed by atoms with Gasteiger partial charge in [-0.2, -0.15) is 0 Å². The summed E-state index contributed by atoms with van der Waals surface area (Å²) in [5, 5.41) is 9.76. The zero-order valence-corrected chi connectivity index (χ0v) is 11.0. The average Bonchev–Trinajstić information content (AvgIpc) is 2.42. The zero-order chi connectivity index (χ0) is 13.8. The Balaban J connectivity index is 2.17. The first-order chi connectivity index (χ1) is 9.08. The fourth-order valence-corrected chi connectivity index (χ4v) is 1.83. The summed E-state index contributed by atoms with van der Waals surface area (Å²) in [6.45, 7) is 2.29. The summed E-state index contributed by atoms with van der Waals surface area (Å²) < 4.78 is 0. The molecule has 0 saturated carbocycles. The van der Waals surface area contributed by atoms with Crippen LogP contribution in [-0.2, 0) is 6.54 Å². The van der Waals surface area contributed by atoms with Crippen LogP contribution in [0.3, 0.4) is 0 Å². The second kappa shape index (κ2) is 5.52. The standard InChI is InChI=1S/C15H16N2O2/c1-11-6-7-14(18)13(9-11)15(19)17(2)10-12-5-3-4-8-16-12/h3-9,18H,10H2,1-2H3. The Hall–Kier alpha value is -2.36. The van der Waals surface area contributed by atoms with Gasteiger partial charge in [0.2, 0.25) is 0 Å². The highest BCUT2D eigenvalue weighted by Gasteiger charge is 2.16. The summed E-state index contributed by atoms with van der Waals surface area (Å²) in [5.41, 5.74) is 2.07. The van der Waals surface area contributed by atoms with E-state index in [1.54, 1.807) is 25.4 Å². The summed E-state index contributed by atoms with van der Waals surface area (Å²) >= 11 is 0. The number of aromatic hydroxyl groups is 1. The minimum atomic E-state index is -0.216. The van der Waals surface area contributed by atoms with Crippen LogP contribution in [0.4, 0.5) is 0 Å². The molecule has 0 atom stereocenters. The van der Waals surface area contributed by atoms with Crippen molar-refractivity contribution in [2.45, 2.75) is 13.5 Å². The van der Waals surface area contributed by atoms with E-state index in [4.69, 9.17) is 0 Å². The van der Waals surface area contributed by atoms with Gasteiger partial charge in [0.15, 0.2) is 0 Å². The molecule has 4 nitrogen and oxygen atoms in total. The van der Waals surface area contributed by atoms with Crippen LogP contribution in [-0.4, -0.2) is 27.9 Å². The number of nitrogens with zero attached hydrogens (tertiary/aromatic N) is 2. The molecule has 0 saturated heterocycles. The fourth-order valence-electron chi connectivity index (χ4n) is 1.83. The van der Waals surface area contributed by atoms with Gasteiger partial charge in [-0.15, -0.1) is 0 Å². The molecule has 1 aromatic heterocycles. The van der Waals surface area contributed by atoms with Crippen molar-refractivity contribution in [1.29, 1.82) is 0 Å². The van der Waals surface area contributed by atoms with Crippen LogP contribution in [0.25, 0.3) is 0 Å². The second-order valence-corrected chi connectivity index (χ2v) is 4.50. The van der Waals surface area contributed by atoms with Crippen molar-refractivity contribution < 1.29 is 9.90 Å². The lowest BCUT2D eigenvalue weighted by molar-refractivity contribution is 0.0780. The first-order valence-electron chi connectivity index (χ1n) is 6.03. The molecule has 1 amide bonds. The maximum atomic E-state index is 12.3. The Kier molecular flexibility index (Phi) is 3.80. The van der Waals surface area contributed by atoms with Crippen molar-refractivity contribution in [3.63, 3.8) is 0 Å².